The number of hydrogen-bond donors (Lipinski definition) is 3. The number of aromatic amines is 1. The molecule has 3 aromatic rings. The Morgan fingerprint density at radius 2 is 2.30 bits per heavy atom. The lowest BCUT2D eigenvalue weighted by Crippen LogP contribution is -2.14. The van der Waals surface area contributed by atoms with Crippen molar-refractivity contribution in [2.24, 2.45) is 0 Å². The summed E-state index contributed by atoms with van der Waals surface area (Å²) in [6.45, 7) is 0. The zero-order valence-electron chi connectivity index (χ0n) is 12.2. The lowest BCUT2D eigenvalue weighted by atomic mass is 10.3. The Balaban J connectivity index is 1.62. The van der Waals surface area contributed by atoms with Crippen molar-refractivity contribution >= 4 is 40.3 Å². The first-order valence-electron chi connectivity index (χ1n) is 6.68. The summed E-state index contributed by atoms with van der Waals surface area (Å²) in [4.78, 5) is 27.2. The fourth-order valence-corrected chi connectivity index (χ4v) is 2.59. The number of amides is 1. The first-order chi connectivity index (χ1) is 11.2. The Kier molecular flexibility index (Phi) is 4.29. The minimum Gasteiger partial charge on any atom is -0.497 e. The molecule has 0 aliphatic rings. The molecule has 8 nitrogen and oxygen atoms in total. The van der Waals surface area contributed by atoms with Crippen molar-refractivity contribution in [3.8, 4) is 5.75 Å². The van der Waals surface area contributed by atoms with Gasteiger partial charge in [-0.15, -0.1) is 0 Å². The van der Waals surface area contributed by atoms with Crippen LogP contribution in [0.25, 0.3) is 11.2 Å². The summed E-state index contributed by atoms with van der Waals surface area (Å²) >= 11 is 1.26. The van der Waals surface area contributed by atoms with E-state index in [4.69, 9.17) is 10.5 Å². The first-order valence-corrected chi connectivity index (χ1v) is 7.67. The highest BCUT2D eigenvalue weighted by atomic mass is 32.2. The quantitative estimate of drug-likeness (QED) is 0.609. The van der Waals surface area contributed by atoms with Crippen LogP contribution < -0.4 is 15.8 Å². The van der Waals surface area contributed by atoms with Gasteiger partial charge in [-0.3, -0.25) is 4.79 Å². The molecule has 4 N–H and O–H groups in total. The molecule has 0 bridgehead atoms. The standard InChI is InChI=1S/C14H14N6O2S/c1-22-9-4-2-3-8(5-9)18-10(21)6-23-14-19-11-12(15)16-7-17-13(11)20-14/h2-5,7H,6H2,1H3,(H,18,21)(H3,15,16,17,19,20). The molecule has 0 unspecified atom stereocenters. The highest BCUT2D eigenvalue weighted by molar-refractivity contribution is 7.99. The number of nitrogens with two attached hydrogens (primary N) is 1. The summed E-state index contributed by atoms with van der Waals surface area (Å²) in [5, 5.41) is 3.36. The molecule has 0 aliphatic heterocycles. The zero-order valence-corrected chi connectivity index (χ0v) is 13.1. The smallest absolute Gasteiger partial charge is 0.234 e. The van der Waals surface area contributed by atoms with Gasteiger partial charge >= 0.3 is 0 Å². The number of H-pyrrole nitrogens is 1. The molecular formula is C14H14N6O2S. The lowest BCUT2D eigenvalue weighted by Gasteiger charge is -2.06. The van der Waals surface area contributed by atoms with Gasteiger partial charge in [-0.05, 0) is 12.1 Å². The lowest BCUT2D eigenvalue weighted by molar-refractivity contribution is -0.113. The Hall–Kier alpha value is -2.81. The number of nitrogens with one attached hydrogen (secondary N) is 2. The normalized spacial score (nSPS) is 10.7. The monoisotopic (exact) mass is 330 g/mol. The second-order valence-corrected chi connectivity index (χ2v) is 5.53. The van der Waals surface area contributed by atoms with E-state index in [9.17, 15) is 4.79 Å². The number of methoxy groups -OCH3 is 1. The van der Waals surface area contributed by atoms with Crippen molar-refractivity contribution in [1.82, 2.24) is 19.9 Å². The summed E-state index contributed by atoms with van der Waals surface area (Å²) in [5.41, 5.74) is 7.46. The van der Waals surface area contributed by atoms with Gasteiger partial charge in [0.15, 0.2) is 16.6 Å². The van der Waals surface area contributed by atoms with Crippen molar-refractivity contribution in [2.75, 3.05) is 23.9 Å². The molecule has 2 heterocycles. The molecule has 0 spiro atoms. The number of nitrogen functional groups attached to an aromatic ring is 1. The highest BCUT2D eigenvalue weighted by Gasteiger charge is 2.10. The number of carbonyl (C=O) groups excluding carboxylic acids is 1. The number of nitrogens with zero attached hydrogens (tertiary/aromatic N) is 3. The van der Waals surface area contributed by atoms with E-state index in [1.807, 2.05) is 12.1 Å². The predicted molar refractivity (Wildman–Crippen MR) is 88.4 cm³/mol. The Morgan fingerprint density at radius 1 is 1.43 bits per heavy atom. The van der Waals surface area contributed by atoms with Gasteiger partial charge in [-0.25, -0.2) is 15.0 Å². The minimum absolute atomic E-state index is 0.150. The average molecular weight is 330 g/mol. The van der Waals surface area contributed by atoms with Crippen molar-refractivity contribution < 1.29 is 9.53 Å². The van der Waals surface area contributed by atoms with Crippen molar-refractivity contribution in [3.63, 3.8) is 0 Å². The molecule has 0 saturated carbocycles. The fraction of sp³-hybridized carbons (Fsp3) is 0.143. The third kappa shape index (κ3) is 3.51. The van der Waals surface area contributed by atoms with E-state index >= 15 is 0 Å². The predicted octanol–water partition coefficient (Wildman–Crippen LogP) is 1.67. The minimum atomic E-state index is -0.150. The molecular weight excluding hydrogens is 316 g/mol. The highest BCUT2D eigenvalue weighted by Crippen LogP contribution is 2.21. The maximum Gasteiger partial charge on any atom is 0.234 e. The van der Waals surface area contributed by atoms with Crippen LogP contribution in [0.4, 0.5) is 11.5 Å². The third-order valence-electron chi connectivity index (χ3n) is 2.99. The number of benzene rings is 1. The largest absolute Gasteiger partial charge is 0.497 e. The van der Waals surface area contributed by atoms with Gasteiger partial charge in [-0.1, -0.05) is 17.8 Å². The first kappa shape index (κ1) is 15.1. The second-order valence-electron chi connectivity index (χ2n) is 4.57. The number of imidazole rings is 1. The van der Waals surface area contributed by atoms with Crippen molar-refractivity contribution in [1.29, 1.82) is 0 Å². The number of thioether (sulfide) groups is 1. The van der Waals surface area contributed by atoms with E-state index < -0.39 is 0 Å². The van der Waals surface area contributed by atoms with Crippen LogP contribution in [0.1, 0.15) is 0 Å². The molecule has 0 aliphatic carbocycles. The number of fused-ring (bicyclic) bond motifs is 1. The maximum atomic E-state index is 12.0. The van der Waals surface area contributed by atoms with E-state index in [1.165, 1.54) is 18.1 Å². The molecule has 9 heteroatoms. The van der Waals surface area contributed by atoms with Crippen LogP contribution in [-0.2, 0) is 4.79 Å². The Morgan fingerprint density at radius 3 is 3.09 bits per heavy atom. The molecule has 23 heavy (non-hydrogen) atoms. The second kappa shape index (κ2) is 6.53. The SMILES string of the molecule is COc1cccc(NC(=O)CSc2nc3ncnc(N)c3[nH]2)c1. The molecule has 1 aromatic carbocycles. The van der Waals surface area contributed by atoms with Crippen LogP contribution >= 0.6 is 11.8 Å². The molecule has 0 atom stereocenters. The summed E-state index contributed by atoms with van der Waals surface area (Å²) in [5.74, 6) is 1.06. The number of hydrogen-bond acceptors (Lipinski definition) is 7. The van der Waals surface area contributed by atoms with Crippen LogP contribution in [0.15, 0.2) is 35.7 Å². The summed E-state index contributed by atoms with van der Waals surface area (Å²) in [6, 6.07) is 7.16. The molecule has 0 saturated heterocycles. The Labute approximate surface area is 135 Å². The van der Waals surface area contributed by atoms with E-state index in [2.05, 4.69) is 25.3 Å². The van der Waals surface area contributed by atoms with E-state index in [1.54, 1.807) is 19.2 Å². The Bertz CT molecular complexity index is 850. The molecule has 3 rings (SSSR count). The molecule has 0 fully saturated rings. The number of aromatic nitrogens is 4. The summed E-state index contributed by atoms with van der Waals surface area (Å²) < 4.78 is 5.11. The van der Waals surface area contributed by atoms with Gasteiger partial charge in [0.05, 0.1) is 12.9 Å². The number of ether oxygens (including phenoxy) is 1. The molecule has 2 aromatic heterocycles. The van der Waals surface area contributed by atoms with Crippen LogP contribution in [0.2, 0.25) is 0 Å². The topological polar surface area (TPSA) is 119 Å². The summed E-state index contributed by atoms with van der Waals surface area (Å²) in [6.07, 6.45) is 1.35. The van der Waals surface area contributed by atoms with Gasteiger partial charge in [0, 0.05) is 11.8 Å². The van der Waals surface area contributed by atoms with Gasteiger partial charge in [-0.2, -0.15) is 0 Å². The van der Waals surface area contributed by atoms with Gasteiger partial charge in [0.1, 0.15) is 17.6 Å². The van der Waals surface area contributed by atoms with E-state index in [0.717, 1.165) is 0 Å². The zero-order chi connectivity index (χ0) is 16.2. The van der Waals surface area contributed by atoms with Crippen LogP contribution in [0.5, 0.6) is 5.75 Å². The third-order valence-corrected chi connectivity index (χ3v) is 3.86. The van der Waals surface area contributed by atoms with Crippen LogP contribution in [0.3, 0.4) is 0 Å². The number of carbonyl (C=O) groups is 1. The van der Waals surface area contributed by atoms with Crippen LogP contribution in [0, 0.1) is 0 Å². The van der Waals surface area contributed by atoms with E-state index in [0.29, 0.717) is 33.6 Å². The number of anilines is 2. The van der Waals surface area contributed by atoms with Gasteiger partial charge in [0.2, 0.25) is 5.91 Å². The molecule has 0 radical (unpaired) electrons. The maximum absolute atomic E-state index is 12.0. The summed E-state index contributed by atoms with van der Waals surface area (Å²) in [7, 11) is 1.58. The molecule has 1 amide bonds. The van der Waals surface area contributed by atoms with E-state index in [-0.39, 0.29) is 11.7 Å². The van der Waals surface area contributed by atoms with Crippen molar-refractivity contribution in [2.45, 2.75) is 5.16 Å². The van der Waals surface area contributed by atoms with Crippen LogP contribution in [-0.4, -0.2) is 38.7 Å². The number of rotatable bonds is 5. The van der Waals surface area contributed by atoms with Gasteiger partial charge < -0.3 is 20.8 Å². The fourth-order valence-electron chi connectivity index (χ4n) is 1.93. The molecule has 118 valence electrons. The van der Waals surface area contributed by atoms with Crippen molar-refractivity contribution in [3.05, 3.63) is 30.6 Å². The van der Waals surface area contributed by atoms with Gasteiger partial charge in [0.25, 0.3) is 0 Å². The average Bonchev–Trinajstić information content (AvgIpc) is 2.98.